The van der Waals surface area contributed by atoms with Crippen LogP contribution in [0, 0.1) is 5.82 Å². The number of rotatable bonds is 2. The molecule has 1 aliphatic rings. The second-order valence-electron chi connectivity index (χ2n) is 7.27. The second-order valence-corrected chi connectivity index (χ2v) is 7.27. The summed E-state index contributed by atoms with van der Waals surface area (Å²) in [6, 6.07) is 4.63. The Balaban J connectivity index is 1.64. The molecule has 2 heterocycles. The van der Waals surface area contributed by atoms with Crippen molar-refractivity contribution in [2.24, 2.45) is 0 Å². The van der Waals surface area contributed by atoms with E-state index in [-0.39, 0.29) is 18.0 Å². The van der Waals surface area contributed by atoms with E-state index in [2.05, 4.69) is 20.2 Å². The van der Waals surface area contributed by atoms with Gasteiger partial charge < -0.3 is 15.0 Å². The Morgan fingerprint density at radius 2 is 2.00 bits per heavy atom. The van der Waals surface area contributed by atoms with E-state index in [1.165, 1.54) is 18.5 Å². The molecule has 0 aliphatic carbocycles. The molecule has 1 N–H and O–H groups in total. The largest absolute Gasteiger partial charge is 0.444 e. The number of halogens is 1. The number of nitrogens with one attached hydrogen (secondary N) is 1. The summed E-state index contributed by atoms with van der Waals surface area (Å²) in [6.07, 6.45) is 2.67. The minimum absolute atomic E-state index is 0.0802. The molecule has 6 nitrogen and oxygen atoms in total. The van der Waals surface area contributed by atoms with E-state index in [4.69, 9.17) is 4.74 Å². The van der Waals surface area contributed by atoms with Crippen molar-refractivity contribution >= 4 is 22.8 Å². The fraction of sp³-hybridized carbons (Fsp3) is 0.500. The SMILES string of the molecule is CC(C)(C)OC(=O)NC1CCN(c2ncnc3cc(F)ccc23)CC1. The molecule has 0 atom stereocenters. The lowest BCUT2D eigenvalue weighted by Gasteiger charge is -2.34. The number of piperidine rings is 1. The topological polar surface area (TPSA) is 67.3 Å². The van der Waals surface area contributed by atoms with Crippen molar-refractivity contribution in [1.29, 1.82) is 0 Å². The smallest absolute Gasteiger partial charge is 0.407 e. The van der Waals surface area contributed by atoms with Crippen LogP contribution in [-0.4, -0.2) is 40.8 Å². The Hall–Kier alpha value is -2.44. The standard InChI is InChI=1S/C18H23FN4O2/c1-18(2,3)25-17(24)22-13-6-8-23(9-7-13)16-14-5-4-12(19)10-15(14)20-11-21-16/h4-5,10-11,13H,6-9H2,1-3H3,(H,22,24). The third-order valence-corrected chi connectivity index (χ3v) is 4.09. The number of carbonyl (C=O) groups is 1. The Morgan fingerprint density at radius 1 is 1.28 bits per heavy atom. The molecule has 1 aliphatic heterocycles. The van der Waals surface area contributed by atoms with Crippen LogP contribution in [0.25, 0.3) is 10.9 Å². The maximum Gasteiger partial charge on any atom is 0.407 e. The van der Waals surface area contributed by atoms with Gasteiger partial charge in [0, 0.05) is 30.6 Å². The number of hydrogen-bond donors (Lipinski definition) is 1. The third kappa shape index (κ3) is 4.35. The summed E-state index contributed by atoms with van der Waals surface area (Å²) in [5, 5.41) is 3.76. The Morgan fingerprint density at radius 3 is 2.68 bits per heavy atom. The summed E-state index contributed by atoms with van der Waals surface area (Å²) in [5.41, 5.74) is 0.0962. The molecule has 134 valence electrons. The highest BCUT2D eigenvalue weighted by molar-refractivity contribution is 5.89. The van der Waals surface area contributed by atoms with Crippen LogP contribution in [0.3, 0.4) is 0 Å². The van der Waals surface area contributed by atoms with E-state index in [9.17, 15) is 9.18 Å². The van der Waals surface area contributed by atoms with Gasteiger partial charge in [0.1, 0.15) is 23.6 Å². The summed E-state index contributed by atoms with van der Waals surface area (Å²) in [4.78, 5) is 22.5. The van der Waals surface area contributed by atoms with Gasteiger partial charge in [-0.2, -0.15) is 0 Å². The number of ether oxygens (including phenoxy) is 1. The molecule has 0 radical (unpaired) electrons. The molecule has 1 saturated heterocycles. The molecular formula is C18H23FN4O2. The molecule has 1 aromatic heterocycles. The molecule has 0 spiro atoms. The Bertz CT molecular complexity index is 767. The summed E-state index contributed by atoms with van der Waals surface area (Å²) >= 11 is 0. The van der Waals surface area contributed by atoms with Crippen molar-refractivity contribution in [3.63, 3.8) is 0 Å². The lowest BCUT2D eigenvalue weighted by Crippen LogP contribution is -2.46. The zero-order chi connectivity index (χ0) is 18.0. The highest BCUT2D eigenvalue weighted by atomic mass is 19.1. The molecular weight excluding hydrogens is 323 g/mol. The first-order valence-electron chi connectivity index (χ1n) is 8.46. The number of nitrogens with zero attached hydrogens (tertiary/aromatic N) is 3. The highest BCUT2D eigenvalue weighted by Gasteiger charge is 2.25. The van der Waals surface area contributed by atoms with Gasteiger partial charge in [0.2, 0.25) is 0 Å². The van der Waals surface area contributed by atoms with Crippen molar-refractivity contribution in [3.8, 4) is 0 Å². The van der Waals surface area contributed by atoms with Gasteiger partial charge in [-0.1, -0.05) is 0 Å². The maximum absolute atomic E-state index is 13.4. The van der Waals surface area contributed by atoms with Crippen LogP contribution in [0.2, 0.25) is 0 Å². The first-order chi connectivity index (χ1) is 11.8. The lowest BCUT2D eigenvalue weighted by molar-refractivity contribution is 0.0497. The zero-order valence-electron chi connectivity index (χ0n) is 14.8. The monoisotopic (exact) mass is 346 g/mol. The van der Waals surface area contributed by atoms with E-state index < -0.39 is 5.60 Å². The van der Waals surface area contributed by atoms with Crippen LogP contribution in [0.4, 0.5) is 15.0 Å². The normalized spacial score (nSPS) is 16.1. The molecule has 3 rings (SSSR count). The molecule has 1 amide bonds. The Labute approximate surface area is 146 Å². The molecule has 0 unspecified atom stereocenters. The number of hydrogen-bond acceptors (Lipinski definition) is 5. The van der Waals surface area contributed by atoms with Gasteiger partial charge >= 0.3 is 6.09 Å². The highest BCUT2D eigenvalue weighted by Crippen LogP contribution is 2.26. The first kappa shape index (κ1) is 17.4. The van der Waals surface area contributed by atoms with Gasteiger partial charge in [0.25, 0.3) is 0 Å². The maximum atomic E-state index is 13.4. The number of fused-ring (bicyclic) bond motifs is 1. The summed E-state index contributed by atoms with van der Waals surface area (Å²) < 4.78 is 18.7. The molecule has 0 bridgehead atoms. The molecule has 25 heavy (non-hydrogen) atoms. The van der Waals surface area contributed by atoms with Crippen molar-refractivity contribution in [2.45, 2.75) is 45.3 Å². The average Bonchev–Trinajstić information content (AvgIpc) is 2.53. The molecule has 1 aromatic carbocycles. The fourth-order valence-electron chi connectivity index (χ4n) is 2.98. The first-order valence-corrected chi connectivity index (χ1v) is 8.46. The van der Waals surface area contributed by atoms with Crippen LogP contribution in [-0.2, 0) is 4.74 Å². The van der Waals surface area contributed by atoms with E-state index in [1.54, 1.807) is 6.07 Å². The molecule has 2 aromatic rings. The number of anilines is 1. The number of aromatic nitrogens is 2. The van der Waals surface area contributed by atoms with E-state index in [0.717, 1.165) is 37.1 Å². The molecule has 0 saturated carbocycles. The van der Waals surface area contributed by atoms with E-state index >= 15 is 0 Å². The number of carbonyl (C=O) groups excluding carboxylic acids is 1. The van der Waals surface area contributed by atoms with Gasteiger partial charge in [-0.3, -0.25) is 0 Å². The predicted molar refractivity (Wildman–Crippen MR) is 94.1 cm³/mol. The van der Waals surface area contributed by atoms with E-state index in [0.29, 0.717) is 5.52 Å². The molecule has 7 heteroatoms. The van der Waals surface area contributed by atoms with Crippen LogP contribution in [0.1, 0.15) is 33.6 Å². The summed E-state index contributed by atoms with van der Waals surface area (Å²) in [7, 11) is 0. The molecule has 1 fully saturated rings. The third-order valence-electron chi connectivity index (χ3n) is 4.09. The van der Waals surface area contributed by atoms with Crippen LogP contribution < -0.4 is 10.2 Å². The number of alkyl carbamates (subject to hydrolysis) is 1. The minimum Gasteiger partial charge on any atom is -0.444 e. The van der Waals surface area contributed by atoms with Crippen LogP contribution in [0.15, 0.2) is 24.5 Å². The summed E-state index contributed by atoms with van der Waals surface area (Å²) in [6.45, 7) is 7.04. The van der Waals surface area contributed by atoms with Crippen LogP contribution in [0.5, 0.6) is 0 Å². The van der Waals surface area contributed by atoms with Gasteiger partial charge in [-0.15, -0.1) is 0 Å². The van der Waals surface area contributed by atoms with Gasteiger partial charge in [-0.05, 0) is 45.7 Å². The predicted octanol–water partition coefficient (Wildman–Crippen LogP) is 3.26. The van der Waals surface area contributed by atoms with Crippen molar-refractivity contribution < 1.29 is 13.9 Å². The zero-order valence-corrected chi connectivity index (χ0v) is 14.8. The average molecular weight is 346 g/mol. The Kier molecular flexibility index (Phi) is 4.74. The quantitative estimate of drug-likeness (QED) is 0.904. The number of amides is 1. The van der Waals surface area contributed by atoms with Crippen molar-refractivity contribution in [1.82, 2.24) is 15.3 Å². The van der Waals surface area contributed by atoms with Crippen molar-refractivity contribution in [2.75, 3.05) is 18.0 Å². The number of benzene rings is 1. The fourth-order valence-corrected chi connectivity index (χ4v) is 2.98. The lowest BCUT2D eigenvalue weighted by atomic mass is 10.0. The van der Waals surface area contributed by atoms with E-state index in [1.807, 2.05) is 20.8 Å². The minimum atomic E-state index is -0.500. The van der Waals surface area contributed by atoms with Crippen LogP contribution >= 0.6 is 0 Å². The van der Waals surface area contributed by atoms with Crippen molar-refractivity contribution in [3.05, 3.63) is 30.3 Å². The van der Waals surface area contributed by atoms with Gasteiger partial charge in [0.05, 0.1) is 5.52 Å². The summed E-state index contributed by atoms with van der Waals surface area (Å²) in [5.74, 6) is 0.498. The second kappa shape index (κ2) is 6.82. The van der Waals surface area contributed by atoms with Gasteiger partial charge in [0.15, 0.2) is 0 Å². The van der Waals surface area contributed by atoms with Gasteiger partial charge in [-0.25, -0.2) is 19.2 Å².